The van der Waals surface area contributed by atoms with Crippen LogP contribution in [-0.2, 0) is 11.3 Å². The number of aldehydes is 1. The molecule has 32 heavy (non-hydrogen) atoms. The third kappa shape index (κ3) is 4.12. The molecular weight excluding hydrogens is 413 g/mol. The Morgan fingerprint density at radius 2 is 1.91 bits per heavy atom. The number of fused-ring (bicyclic) bond motifs is 1. The first kappa shape index (κ1) is 21.7. The lowest BCUT2D eigenvalue weighted by Crippen LogP contribution is -2.41. The van der Waals surface area contributed by atoms with Crippen LogP contribution >= 0.6 is 0 Å². The van der Waals surface area contributed by atoms with E-state index in [1.165, 1.54) is 18.3 Å². The first-order valence-corrected chi connectivity index (χ1v) is 10.6. The zero-order chi connectivity index (χ0) is 22.8. The van der Waals surface area contributed by atoms with Gasteiger partial charge in [0.25, 0.3) is 11.5 Å². The predicted octanol–water partition coefficient (Wildman–Crippen LogP) is 3.42. The van der Waals surface area contributed by atoms with Crippen molar-refractivity contribution >= 4 is 23.2 Å². The van der Waals surface area contributed by atoms with Gasteiger partial charge in [0.15, 0.2) is 0 Å². The molecule has 7 nitrogen and oxygen atoms in total. The molecular formula is C24H24FN3O4. The van der Waals surface area contributed by atoms with Gasteiger partial charge in [0, 0.05) is 17.8 Å². The Morgan fingerprint density at radius 3 is 2.56 bits per heavy atom. The molecule has 0 aliphatic heterocycles. The minimum absolute atomic E-state index is 0.0728. The maximum Gasteiger partial charge on any atom is 0.269 e. The summed E-state index contributed by atoms with van der Waals surface area (Å²) in [6, 6.07) is 7.23. The number of nitrogens with zero attached hydrogens (tertiary/aromatic N) is 2. The molecule has 0 bridgehead atoms. The Labute approximate surface area is 183 Å². The lowest BCUT2D eigenvalue weighted by molar-refractivity contribution is -0.108. The van der Waals surface area contributed by atoms with E-state index in [-0.39, 0.29) is 29.4 Å². The Bertz CT molecular complexity index is 1230. The van der Waals surface area contributed by atoms with Crippen molar-refractivity contribution in [2.75, 3.05) is 0 Å². The number of benzene rings is 1. The number of aromatic hydroxyl groups is 1. The second-order valence-electron chi connectivity index (χ2n) is 8.34. The number of amides is 1. The van der Waals surface area contributed by atoms with Crippen LogP contribution in [0, 0.1) is 11.7 Å². The molecule has 1 saturated carbocycles. The second-order valence-corrected chi connectivity index (χ2v) is 8.34. The van der Waals surface area contributed by atoms with Crippen molar-refractivity contribution in [1.82, 2.24) is 14.9 Å². The van der Waals surface area contributed by atoms with Gasteiger partial charge in [-0.3, -0.25) is 14.2 Å². The fourth-order valence-corrected chi connectivity index (χ4v) is 4.22. The molecule has 2 heterocycles. The minimum Gasteiger partial charge on any atom is -0.506 e. The number of halogens is 1. The van der Waals surface area contributed by atoms with E-state index >= 15 is 0 Å². The number of carbonyl (C=O) groups is 2. The molecule has 1 aromatic carbocycles. The van der Waals surface area contributed by atoms with Crippen LogP contribution < -0.4 is 10.9 Å². The summed E-state index contributed by atoms with van der Waals surface area (Å²) in [5.74, 6) is -0.940. The molecule has 1 aliphatic rings. The number of nitrogens with one attached hydrogen (secondary N) is 1. The lowest BCUT2D eigenvalue weighted by atomic mass is 9.87. The Hall–Kier alpha value is -3.55. The van der Waals surface area contributed by atoms with Crippen LogP contribution in [0.5, 0.6) is 5.75 Å². The number of carbonyl (C=O) groups excluding carboxylic acids is 2. The first-order valence-electron chi connectivity index (χ1n) is 10.6. The van der Waals surface area contributed by atoms with Gasteiger partial charge in [0.1, 0.15) is 29.1 Å². The molecule has 4 rings (SSSR count). The monoisotopic (exact) mass is 437 g/mol. The van der Waals surface area contributed by atoms with E-state index in [0.29, 0.717) is 23.3 Å². The summed E-state index contributed by atoms with van der Waals surface area (Å²) in [7, 11) is 0. The van der Waals surface area contributed by atoms with Crippen molar-refractivity contribution < 1.29 is 19.1 Å². The first-order chi connectivity index (χ1) is 15.4. The maximum atomic E-state index is 13.3. The molecule has 8 heteroatoms. The Kier molecular flexibility index (Phi) is 6.03. The van der Waals surface area contributed by atoms with Crippen molar-refractivity contribution in [3.8, 4) is 16.9 Å². The molecule has 0 spiro atoms. The van der Waals surface area contributed by atoms with Crippen LogP contribution in [0.4, 0.5) is 4.39 Å². The summed E-state index contributed by atoms with van der Waals surface area (Å²) in [5.41, 5.74) is 0.128. The molecule has 0 saturated heterocycles. The molecule has 1 aliphatic carbocycles. The van der Waals surface area contributed by atoms with Gasteiger partial charge in [-0.15, -0.1) is 0 Å². The van der Waals surface area contributed by atoms with Crippen molar-refractivity contribution in [3.05, 3.63) is 58.3 Å². The summed E-state index contributed by atoms with van der Waals surface area (Å²) < 4.78 is 14.4. The van der Waals surface area contributed by atoms with Gasteiger partial charge in [-0.05, 0) is 55.4 Å². The van der Waals surface area contributed by atoms with E-state index in [4.69, 9.17) is 0 Å². The van der Waals surface area contributed by atoms with E-state index < -0.39 is 22.8 Å². The zero-order valence-electron chi connectivity index (χ0n) is 17.7. The standard InChI is InChI=1S/C24H24FN3O4/c1-14-2-8-18(9-3-14)27-23(31)20-21(30)19-12-16(15-4-6-17(25)7-5-15)13-26-22(19)28(10-11-29)24(20)32/h4-7,11-14,18,30H,2-3,8-10H2,1H3,(H,27,31). The highest BCUT2D eigenvalue weighted by atomic mass is 19.1. The van der Waals surface area contributed by atoms with Gasteiger partial charge >= 0.3 is 0 Å². The van der Waals surface area contributed by atoms with E-state index in [2.05, 4.69) is 17.2 Å². The average molecular weight is 437 g/mol. The van der Waals surface area contributed by atoms with Crippen molar-refractivity contribution in [3.63, 3.8) is 0 Å². The molecule has 0 radical (unpaired) electrons. The fraction of sp³-hybridized carbons (Fsp3) is 0.333. The van der Waals surface area contributed by atoms with Crippen LogP contribution in [0.3, 0.4) is 0 Å². The van der Waals surface area contributed by atoms with E-state index in [9.17, 15) is 23.9 Å². The molecule has 0 unspecified atom stereocenters. The van der Waals surface area contributed by atoms with Gasteiger partial charge in [0.2, 0.25) is 0 Å². The van der Waals surface area contributed by atoms with Gasteiger partial charge < -0.3 is 15.2 Å². The zero-order valence-corrected chi connectivity index (χ0v) is 17.7. The van der Waals surface area contributed by atoms with Gasteiger partial charge in [0.05, 0.1) is 11.9 Å². The number of rotatable bonds is 5. The van der Waals surface area contributed by atoms with Crippen LogP contribution in [0.15, 0.2) is 41.3 Å². The average Bonchev–Trinajstić information content (AvgIpc) is 2.78. The van der Waals surface area contributed by atoms with E-state index in [1.54, 1.807) is 18.2 Å². The van der Waals surface area contributed by atoms with Gasteiger partial charge in [-0.1, -0.05) is 19.1 Å². The summed E-state index contributed by atoms with van der Waals surface area (Å²) in [6.45, 7) is 1.86. The SMILES string of the molecule is CC1CCC(NC(=O)c2c(O)c3cc(-c4ccc(F)cc4)cnc3n(CC=O)c2=O)CC1. The molecule has 2 aromatic heterocycles. The molecule has 2 N–H and O–H groups in total. The van der Waals surface area contributed by atoms with Gasteiger partial charge in [-0.2, -0.15) is 0 Å². The second kappa shape index (κ2) is 8.90. The smallest absolute Gasteiger partial charge is 0.269 e. The highest BCUT2D eigenvalue weighted by molar-refractivity contribution is 6.02. The third-order valence-corrected chi connectivity index (χ3v) is 6.09. The van der Waals surface area contributed by atoms with Crippen LogP contribution in [-0.4, -0.2) is 32.9 Å². The topological polar surface area (TPSA) is 101 Å². The molecule has 166 valence electrons. The van der Waals surface area contributed by atoms with Crippen molar-refractivity contribution in [1.29, 1.82) is 0 Å². The van der Waals surface area contributed by atoms with Crippen molar-refractivity contribution in [2.45, 2.75) is 45.2 Å². The molecule has 3 aromatic rings. The van der Waals surface area contributed by atoms with Crippen LogP contribution in [0.25, 0.3) is 22.2 Å². The normalized spacial score (nSPS) is 18.4. The molecule has 1 amide bonds. The minimum atomic E-state index is -0.772. The maximum absolute atomic E-state index is 13.3. The largest absolute Gasteiger partial charge is 0.506 e. The number of hydrogen-bond donors (Lipinski definition) is 2. The highest BCUT2D eigenvalue weighted by Gasteiger charge is 2.26. The Balaban J connectivity index is 1.80. The summed E-state index contributed by atoms with van der Waals surface area (Å²) in [6.07, 6.45) is 5.58. The van der Waals surface area contributed by atoms with E-state index in [1.807, 2.05) is 0 Å². The quantitative estimate of drug-likeness (QED) is 0.596. The van der Waals surface area contributed by atoms with Gasteiger partial charge in [-0.25, -0.2) is 9.37 Å². The summed E-state index contributed by atoms with van der Waals surface area (Å²) in [4.78, 5) is 41.5. The predicted molar refractivity (Wildman–Crippen MR) is 118 cm³/mol. The number of pyridine rings is 2. The number of aromatic nitrogens is 2. The summed E-state index contributed by atoms with van der Waals surface area (Å²) >= 11 is 0. The summed E-state index contributed by atoms with van der Waals surface area (Å²) in [5, 5.41) is 13.9. The molecule has 1 fully saturated rings. The van der Waals surface area contributed by atoms with Crippen LogP contribution in [0.1, 0.15) is 43.0 Å². The lowest BCUT2D eigenvalue weighted by Gasteiger charge is -2.27. The number of hydrogen-bond acceptors (Lipinski definition) is 5. The van der Waals surface area contributed by atoms with Crippen LogP contribution in [0.2, 0.25) is 0 Å². The third-order valence-electron chi connectivity index (χ3n) is 6.09. The van der Waals surface area contributed by atoms with Crippen molar-refractivity contribution in [2.24, 2.45) is 5.92 Å². The van der Waals surface area contributed by atoms with E-state index in [0.717, 1.165) is 30.3 Å². The fourth-order valence-electron chi connectivity index (χ4n) is 4.22. The Morgan fingerprint density at radius 1 is 1.22 bits per heavy atom. The highest BCUT2D eigenvalue weighted by Crippen LogP contribution is 2.30. The molecule has 0 atom stereocenters.